The minimum absolute atomic E-state index is 0.0440. The predicted octanol–water partition coefficient (Wildman–Crippen LogP) is 5.85. The zero-order valence-electron chi connectivity index (χ0n) is 19.1. The lowest BCUT2D eigenvalue weighted by molar-refractivity contribution is -0.0593. The number of rotatable bonds is 7. The molecule has 0 atom stereocenters. The van der Waals surface area contributed by atoms with Crippen molar-refractivity contribution >= 4 is 63.6 Å². The molecule has 0 aliphatic carbocycles. The summed E-state index contributed by atoms with van der Waals surface area (Å²) in [5, 5.41) is 14.2. The molecular weight excluding hydrogens is 561 g/mol. The molecular formula is C24H18Cl3N5O4S. The molecule has 2 amide bonds. The molecule has 0 saturated carbocycles. The molecule has 1 aromatic carbocycles. The first-order valence-electron chi connectivity index (χ1n) is 10.8. The summed E-state index contributed by atoms with van der Waals surface area (Å²) < 4.78 is 12.2. The number of hydrogen-bond acceptors (Lipinski definition) is 7. The van der Waals surface area contributed by atoms with Gasteiger partial charge >= 0.3 is 0 Å². The Morgan fingerprint density at radius 1 is 1.14 bits per heavy atom. The highest BCUT2D eigenvalue weighted by atomic mass is 35.5. The van der Waals surface area contributed by atoms with Crippen molar-refractivity contribution in [2.45, 2.75) is 12.5 Å². The van der Waals surface area contributed by atoms with Gasteiger partial charge in [0.1, 0.15) is 11.4 Å². The van der Waals surface area contributed by atoms with Crippen LogP contribution < -0.4 is 15.4 Å². The van der Waals surface area contributed by atoms with Gasteiger partial charge in [0.2, 0.25) is 5.88 Å². The van der Waals surface area contributed by atoms with Crippen LogP contribution >= 0.6 is 46.1 Å². The number of pyridine rings is 1. The third-order valence-corrected chi connectivity index (χ3v) is 6.84. The van der Waals surface area contributed by atoms with Crippen LogP contribution in [0.5, 0.6) is 11.6 Å². The predicted molar refractivity (Wildman–Crippen MR) is 142 cm³/mol. The largest absolute Gasteiger partial charge is 0.437 e. The molecule has 4 heterocycles. The molecule has 4 aromatic rings. The zero-order valence-corrected chi connectivity index (χ0v) is 22.2. The molecule has 0 radical (unpaired) electrons. The van der Waals surface area contributed by atoms with Crippen LogP contribution in [0, 0.1) is 0 Å². The molecule has 1 saturated heterocycles. The number of carbonyl (C=O) groups excluding carboxylic acids is 2. The van der Waals surface area contributed by atoms with Crippen molar-refractivity contribution in [2.75, 3.05) is 18.5 Å². The zero-order chi connectivity index (χ0) is 26.2. The molecule has 1 aliphatic heterocycles. The summed E-state index contributed by atoms with van der Waals surface area (Å²) in [6, 6.07) is 9.35. The summed E-state index contributed by atoms with van der Waals surface area (Å²) in [5.74, 6) is -0.183. The van der Waals surface area contributed by atoms with Crippen molar-refractivity contribution in [1.82, 2.24) is 20.1 Å². The molecule has 2 N–H and O–H groups in total. The number of carbonyl (C=O) groups is 2. The Balaban J connectivity index is 1.51. The smallest absolute Gasteiger partial charge is 0.274 e. The summed E-state index contributed by atoms with van der Waals surface area (Å²) >= 11 is 20.4. The van der Waals surface area contributed by atoms with Crippen LogP contribution in [0.25, 0.3) is 5.82 Å². The summed E-state index contributed by atoms with van der Waals surface area (Å²) in [6.07, 6.45) is 1.52. The van der Waals surface area contributed by atoms with Gasteiger partial charge in [0.25, 0.3) is 11.8 Å². The standard InChI is InChI=1S/C24H18Cl3N5O4S/c1-24(11-35-12-24)30-22(33)15-7-13(25)8-17(27)20(15)29-23(34)18-9-19(36-14-4-6-37-10-14)31-32(18)21-16(26)3-2-5-28-21/h2-10H,11-12H2,1H3,(H,29,34)(H,30,33). The number of halogens is 3. The molecule has 1 fully saturated rings. The highest BCUT2D eigenvalue weighted by Crippen LogP contribution is 2.33. The average Bonchev–Trinajstić information content (AvgIpc) is 3.50. The lowest BCUT2D eigenvalue weighted by Gasteiger charge is -2.38. The second-order valence-corrected chi connectivity index (χ2v) is 10.5. The SMILES string of the molecule is CC1(NC(=O)c2cc(Cl)cc(Cl)c2NC(=O)c2cc(Oc3ccsc3)nn2-c2ncccc2Cl)COC1. The van der Waals surface area contributed by atoms with Crippen LogP contribution in [0.2, 0.25) is 15.1 Å². The third-order valence-electron chi connectivity index (χ3n) is 5.37. The van der Waals surface area contributed by atoms with Crippen molar-refractivity contribution in [3.05, 3.63) is 79.7 Å². The highest BCUT2D eigenvalue weighted by Gasteiger charge is 2.36. The highest BCUT2D eigenvalue weighted by molar-refractivity contribution is 7.08. The number of hydrogen-bond donors (Lipinski definition) is 2. The van der Waals surface area contributed by atoms with Crippen LogP contribution in [0.15, 0.2) is 53.4 Å². The topological polar surface area (TPSA) is 107 Å². The van der Waals surface area contributed by atoms with Gasteiger partial charge in [-0.05, 0) is 42.6 Å². The molecule has 3 aromatic heterocycles. The van der Waals surface area contributed by atoms with Crippen LogP contribution in [0.4, 0.5) is 5.69 Å². The first-order valence-corrected chi connectivity index (χ1v) is 12.9. The van der Waals surface area contributed by atoms with E-state index in [0.29, 0.717) is 19.0 Å². The minimum Gasteiger partial charge on any atom is -0.437 e. The maximum atomic E-state index is 13.6. The van der Waals surface area contributed by atoms with E-state index in [0.717, 1.165) is 0 Å². The van der Waals surface area contributed by atoms with E-state index in [-0.39, 0.29) is 43.7 Å². The Kier molecular flexibility index (Phi) is 7.11. The summed E-state index contributed by atoms with van der Waals surface area (Å²) in [5.41, 5.74) is -0.314. The fraction of sp³-hybridized carbons (Fsp3) is 0.167. The van der Waals surface area contributed by atoms with E-state index in [1.54, 1.807) is 23.6 Å². The van der Waals surface area contributed by atoms with Crippen molar-refractivity contribution in [3.63, 3.8) is 0 Å². The van der Waals surface area contributed by atoms with E-state index < -0.39 is 17.4 Å². The van der Waals surface area contributed by atoms with Crippen molar-refractivity contribution in [2.24, 2.45) is 0 Å². The Hall–Kier alpha value is -3.15. The van der Waals surface area contributed by atoms with Gasteiger partial charge in [-0.15, -0.1) is 16.4 Å². The maximum absolute atomic E-state index is 13.6. The van der Waals surface area contributed by atoms with Gasteiger partial charge in [0, 0.05) is 22.7 Å². The maximum Gasteiger partial charge on any atom is 0.274 e. The van der Waals surface area contributed by atoms with Crippen LogP contribution in [-0.2, 0) is 4.74 Å². The van der Waals surface area contributed by atoms with Crippen LogP contribution in [0.1, 0.15) is 27.8 Å². The first kappa shape index (κ1) is 25.5. The van der Waals surface area contributed by atoms with Gasteiger partial charge in [-0.25, -0.2) is 9.67 Å². The second kappa shape index (κ2) is 10.3. The monoisotopic (exact) mass is 577 g/mol. The normalized spacial score (nSPS) is 14.1. The van der Waals surface area contributed by atoms with Crippen molar-refractivity contribution in [1.29, 1.82) is 0 Å². The van der Waals surface area contributed by atoms with E-state index in [1.165, 1.54) is 40.4 Å². The summed E-state index contributed by atoms with van der Waals surface area (Å²) in [7, 11) is 0. The fourth-order valence-electron chi connectivity index (χ4n) is 3.58. The van der Waals surface area contributed by atoms with E-state index >= 15 is 0 Å². The molecule has 0 spiro atoms. The number of anilines is 1. The molecule has 5 rings (SSSR count). The van der Waals surface area contributed by atoms with E-state index in [1.807, 2.05) is 12.3 Å². The number of benzene rings is 1. The Labute approximate surface area is 230 Å². The summed E-state index contributed by atoms with van der Waals surface area (Å²) in [4.78, 5) is 30.9. The van der Waals surface area contributed by atoms with E-state index in [2.05, 4.69) is 20.7 Å². The number of nitrogens with zero attached hydrogens (tertiary/aromatic N) is 3. The van der Waals surface area contributed by atoms with Gasteiger partial charge in [-0.2, -0.15) is 0 Å². The van der Waals surface area contributed by atoms with Crippen LogP contribution in [-0.4, -0.2) is 45.3 Å². The third kappa shape index (κ3) is 5.43. The molecule has 0 unspecified atom stereocenters. The van der Waals surface area contributed by atoms with Gasteiger partial charge in [0.05, 0.1) is 40.0 Å². The average molecular weight is 579 g/mol. The quantitative estimate of drug-likeness (QED) is 0.285. The van der Waals surface area contributed by atoms with Crippen molar-refractivity contribution < 1.29 is 19.1 Å². The number of thiophene rings is 1. The minimum atomic E-state index is -0.633. The van der Waals surface area contributed by atoms with Gasteiger partial charge < -0.3 is 20.1 Å². The fourth-order valence-corrected chi connectivity index (χ4v) is 4.87. The number of amides is 2. The Morgan fingerprint density at radius 3 is 2.62 bits per heavy atom. The molecule has 0 bridgehead atoms. The number of ether oxygens (including phenoxy) is 2. The molecule has 190 valence electrons. The lowest BCUT2D eigenvalue weighted by Crippen LogP contribution is -2.59. The Bertz CT molecular complexity index is 1490. The molecule has 13 heteroatoms. The van der Waals surface area contributed by atoms with Gasteiger partial charge in [-0.1, -0.05) is 34.8 Å². The molecule has 37 heavy (non-hydrogen) atoms. The number of nitrogens with one attached hydrogen (secondary N) is 2. The lowest BCUT2D eigenvalue weighted by atomic mass is 9.99. The summed E-state index contributed by atoms with van der Waals surface area (Å²) in [6.45, 7) is 2.58. The first-order chi connectivity index (χ1) is 17.7. The van der Waals surface area contributed by atoms with E-state index in [4.69, 9.17) is 44.3 Å². The molecule has 1 aliphatic rings. The van der Waals surface area contributed by atoms with E-state index in [9.17, 15) is 9.59 Å². The number of aromatic nitrogens is 3. The van der Waals surface area contributed by atoms with Gasteiger partial charge in [-0.3, -0.25) is 9.59 Å². The molecule has 9 nitrogen and oxygen atoms in total. The Morgan fingerprint density at radius 2 is 1.95 bits per heavy atom. The van der Waals surface area contributed by atoms with Gasteiger partial charge in [0.15, 0.2) is 5.82 Å². The second-order valence-electron chi connectivity index (χ2n) is 8.42. The van der Waals surface area contributed by atoms with Crippen LogP contribution in [0.3, 0.4) is 0 Å². The van der Waals surface area contributed by atoms with Crippen molar-refractivity contribution in [3.8, 4) is 17.4 Å².